The van der Waals surface area contributed by atoms with Gasteiger partial charge in [0.05, 0.1) is 0 Å². The zero-order valence-corrected chi connectivity index (χ0v) is 13.1. The molecule has 0 radical (unpaired) electrons. The van der Waals surface area contributed by atoms with Crippen molar-refractivity contribution in [2.45, 2.75) is 40.2 Å². The van der Waals surface area contributed by atoms with Crippen LogP contribution in [0.4, 0.5) is 0 Å². The van der Waals surface area contributed by atoms with Gasteiger partial charge in [0.25, 0.3) is 0 Å². The summed E-state index contributed by atoms with van der Waals surface area (Å²) in [5, 5.41) is 3.38. The number of hydrogen-bond acceptors (Lipinski definition) is 3. The first kappa shape index (κ1) is 15.5. The van der Waals surface area contributed by atoms with Crippen LogP contribution in [-0.2, 0) is 13.0 Å². The molecule has 2 rings (SSSR count). The highest BCUT2D eigenvalue weighted by Gasteiger charge is 2.05. The minimum atomic E-state index is 0.683. The standard InChI is InChI=1S/C18H24N2O/c1-4-9-19-12-16-10-14(3)18(20-13-16)21-17-8-6-7-15(5-2)11-17/h6-8,10-11,13,19H,4-5,9,12H2,1-3H3. The summed E-state index contributed by atoms with van der Waals surface area (Å²) in [6.45, 7) is 8.22. The molecule has 0 amide bonds. The van der Waals surface area contributed by atoms with Gasteiger partial charge in [-0.3, -0.25) is 0 Å². The summed E-state index contributed by atoms with van der Waals surface area (Å²) in [6.07, 6.45) is 4.03. The van der Waals surface area contributed by atoms with Gasteiger partial charge in [-0.15, -0.1) is 0 Å². The molecule has 1 N–H and O–H groups in total. The van der Waals surface area contributed by atoms with Crippen molar-refractivity contribution < 1.29 is 4.74 Å². The van der Waals surface area contributed by atoms with Gasteiger partial charge in [-0.05, 0) is 55.6 Å². The van der Waals surface area contributed by atoms with Gasteiger partial charge < -0.3 is 10.1 Å². The van der Waals surface area contributed by atoms with Gasteiger partial charge in [0.2, 0.25) is 5.88 Å². The van der Waals surface area contributed by atoms with E-state index in [1.54, 1.807) is 0 Å². The Bertz CT molecular complexity index is 581. The molecule has 0 unspecified atom stereocenters. The highest BCUT2D eigenvalue weighted by molar-refractivity contribution is 5.35. The Balaban J connectivity index is 2.06. The fourth-order valence-electron chi connectivity index (χ4n) is 2.17. The predicted molar refractivity (Wildman–Crippen MR) is 86.9 cm³/mol. The maximum Gasteiger partial charge on any atom is 0.222 e. The van der Waals surface area contributed by atoms with Crippen LogP contribution in [0.15, 0.2) is 36.5 Å². The summed E-state index contributed by atoms with van der Waals surface area (Å²) in [4.78, 5) is 4.45. The van der Waals surface area contributed by atoms with Crippen LogP contribution in [0, 0.1) is 6.92 Å². The van der Waals surface area contributed by atoms with E-state index in [9.17, 15) is 0 Å². The Hall–Kier alpha value is -1.87. The van der Waals surface area contributed by atoms with E-state index in [0.29, 0.717) is 5.88 Å². The van der Waals surface area contributed by atoms with Crippen molar-refractivity contribution in [3.8, 4) is 11.6 Å². The minimum Gasteiger partial charge on any atom is -0.439 e. The summed E-state index contributed by atoms with van der Waals surface area (Å²) in [6, 6.07) is 10.3. The lowest BCUT2D eigenvalue weighted by atomic mass is 10.1. The number of aromatic nitrogens is 1. The SMILES string of the molecule is CCCNCc1cnc(Oc2cccc(CC)c2)c(C)c1. The topological polar surface area (TPSA) is 34.2 Å². The van der Waals surface area contributed by atoms with Crippen molar-refractivity contribution in [2.24, 2.45) is 0 Å². The number of pyridine rings is 1. The summed E-state index contributed by atoms with van der Waals surface area (Å²) in [5.41, 5.74) is 3.52. The minimum absolute atomic E-state index is 0.683. The van der Waals surface area contributed by atoms with Crippen LogP contribution in [0.5, 0.6) is 11.6 Å². The zero-order chi connectivity index (χ0) is 15.1. The van der Waals surface area contributed by atoms with E-state index in [0.717, 1.165) is 37.2 Å². The maximum atomic E-state index is 5.90. The highest BCUT2D eigenvalue weighted by atomic mass is 16.5. The van der Waals surface area contributed by atoms with E-state index < -0.39 is 0 Å². The normalized spacial score (nSPS) is 10.6. The second-order valence-electron chi connectivity index (χ2n) is 5.25. The van der Waals surface area contributed by atoms with E-state index in [1.807, 2.05) is 25.3 Å². The molecule has 0 atom stereocenters. The Kier molecular flexibility index (Phi) is 5.76. The molecule has 0 aliphatic carbocycles. The molecule has 1 heterocycles. The van der Waals surface area contributed by atoms with E-state index in [2.05, 4.69) is 42.3 Å². The molecule has 0 aliphatic heterocycles. The number of aryl methyl sites for hydroxylation is 2. The van der Waals surface area contributed by atoms with E-state index in [1.165, 1.54) is 11.1 Å². The molecule has 2 aromatic rings. The lowest BCUT2D eigenvalue weighted by Gasteiger charge is -2.10. The van der Waals surface area contributed by atoms with E-state index >= 15 is 0 Å². The Labute approximate surface area is 127 Å². The summed E-state index contributed by atoms with van der Waals surface area (Å²) in [5.74, 6) is 1.53. The van der Waals surface area contributed by atoms with Crippen molar-refractivity contribution >= 4 is 0 Å². The second kappa shape index (κ2) is 7.79. The van der Waals surface area contributed by atoms with Crippen molar-refractivity contribution in [1.82, 2.24) is 10.3 Å². The highest BCUT2D eigenvalue weighted by Crippen LogP contribution is 2.24. The molecule has 0 fully saturated rings. The molecule has 0 saturated carbocycles. The third kappa shape index (κ3) is 4.57. The predicted octanol–water partition coefficient (Wildman–Crippen LogP) is 4.24. The number of rotatable bonds is 7. The lowest BCUT2D eigenvalue weighted by Crippen LogP contribution is -2.14. The number of nitrogens with one attached hydrogen (secondary N) is 1. The van der Waals surface area contributed by atoms with Gasteiger partial charge in [0, 0.05) is 18.3 Å². The maximum absolute atomic E-state index is 5.90. The van der Waals surface area contributed by atoms with Crippen molar-refractivity contribution in [1.29, 1.82) is 0 Å². The van der Waals surface area contributed by atoms with Crippen LogP contribution in [0.1, 0.15) is 37.0 Å². The smallest absolute Gasteiger partial charge is 0.222 e. The van der Waals surface area contributed by atoms with Crippen LogP contribution in [0.3, 0.4) is 0 Å². The lowest BCUT2D eigenvalue weighted by molar-refractivity contribution is 0.457. The molecule has 112 valence electrons. The summed E-state index contributed by atoms with van der Waals surface area (Å²) in [7, 11) is 0. The fourth-order valence-corrected chi connectivity index (χ4v) is 2.17. The molecule has 1 aromatic heterocycles. The molecular weight excluding hydrogens is 260 g/mol. The van der Waals surface area contributed by atoms with Gasteiger partial charge in [0.1, 0.15) is 5.75 Å². The molecule has 0 bridgehead atoms. The quantitative estimate of drug-likeness (QED) is 0.772. The van der Waals surface area contributed by atoms with E-state index in [4.69, 9.17) is 4.74 Å². The van der Waals surface area contributed by atoms with Crippen molar-refractivity contribution in [2.75, 3.05) is 6.54 Å². The van der Waals surface area contributed by atoms with Crippen molar-refractivity contribution in [3.05, 3.63) is 53.2 Å². The molecule has 1 aromatic carbocycles. The number of benzene rings is 1. The third-order valence-corrected chi connectivity index (χ3v) is 3.36. The third-order valence-electron chi connectivity index (χ3n) is 3.36. The van der Waals surface area contributed by atoms with Crippen LogP contribution in [-0.4, -0.2) is 11.5 Å². The van der Waals surface area contributed by atoms with Crippen molar-refractivity contribution in [3.63, 3.8) is 0 Å². The second-order valence-corrected chi connectivity index (χ2v) is 5.25. The largest absolute Gasteiger partial charge is 0.439 e. The first-order valence-electron chi connectivity index (χ1n) is 7.66. The van der Waals surface area contributed by atoms with Crippen LogP contribution in [0.2, 0.25) is 0 Å². The first-order chi connectivity index (χ1) is 10.2. The first-order valence-corrected chi connectivity index (χ1v) is 7.66. The van der Waals surface area contributed by atoms with Crippen LogP contribution >= 0.6 is 0 Å². The molecule has 3 heteroatoms. The Morgan fingerprint density at radius 1 is 1.14 bits per heavy atom. The Morgan fingerprint density at radius 3 is 2.71 bits per heavy atom. The van der Waals surface area contributed by atoms with E-state index in [-0.39, 0.29) is 0 Å². The fraction of sp³-hybridized carbons (Fsp3) is 0.389. The Morgan fingerprint density at radius 2 is 2.00 bits per heavy atom. The van der Waals surface area contributed by atoms with Gasteiger partial charge in [-0.25, -0.2) is 4.98 Å². The molecule has 0 spiro atoms. The zero-order valence-electron chi connectivity index (χ0n) is 13.1. The van der Waals surface area contributed by atoms with Gasteiger partial charge in [-0.1, -0.05) is 26.0 Å². The molecule has 3 nitrogen and oxygen atoms in total. The number of nitrogens with zero attached hydrogens (tertiary/aromatic N) is 1. The molecule has 21 heavy (non-hydrogen) atoms. The number of hydrogen-bond donors (Lipinski definition) is 1. The van der Waals surface area contributed by atoms with Crippen LogP contribution in [0.25, 0.3) is 0 Å². The average molecular weight is 284 g/mol. The molecule has 0 saturated heterocycles. The monoisotopic (exact) mass is 284 g/mol. The molecule has 0 aliphatic rings. The van der Waals surface area contributed by atoms with Gasteiger partial charge in [-0.2, -0.15) is 0 Å². The van der Waals surface area contributed by atoms with Gasteiger partial charge >= 0.3 is 0 Å². The van der Waals surface area contributed by atoms with Gasteiger partial charge in [0.15, 0.2) is 0 Å². The molecular formula is C18H24N2O. The number of ether oxygens (including phenoxy) is 1. The summed E-state index contributed by atoms with van der Waals surface area (Å²) >= 11 is 0. The van der Waals surface area contributed by atoms with Crippen LogP contribution < -0.4 is 10.1 Å². The summed E-state index contributed by atoms with van der Waals surface area (Å²) < 4.78 is 5.90. The average Bonchev–Trinajstić information content (AvgIpc) is 2.50.